The largest absolute Gasteiger partial charge is 0.309 e. The van der Waals surface area contributed by atoms with Crippen LogP contribution in [0.15, 0.2) is 24.7 Å². The summed E-state index contributed by atoms with van der Waals surface area (Å²) >= 11 is 0. The number of nitrogens with zero attached hydrogens (tertiary/aromatic N) is 5. The number of rotatable bonds is 5. The highest BCUT2D eigenvalue weighted by molar-refractivity contribution is 4.90. The van der Waals surface area contributed by atoms with E-state index in [1.807, 2.05) is 30.2 Å². The van der Waals surface area contributed by atoms with E-state index in [2.05, 4.69) is 20.7 Å². The normalized spacial score (nSPS) is 10.7. The first kappa shape index (κ1) is 9.85. The van der Waals surface area contributed by atoms with Crippen LogP contribution in [0.1, 0.15) is 5.69 Å². The van der Waals surface area contributed by atoms with Gasteiger partial charge in [0.15, 0.2) is 0 Å². The average molecular weight is 206 g/mol. The second-order valence-electron chi connectivity index (χ2n) is 3.33. The van der Waals surface area contributed by atoms with Crippen molar-refractivity contribution in [3.63, 3.8) is 0 Å². The second-order valence-corrected chi connectivity index (χ2v) is 3.33. The molecule has 0 fully saturated rings. The minimum atomic E-state index is 0.745. The Hall–Kier alpha value is -1.69. The van der Waals surface area contributed by atoms with Crippen molar-refractivity contribution in [2.75, 3.05) is 6.54 Å². The highest BCUT2D eigenvalue weighted by Gasteiger charge is 1.96. The molecule has 6 heteroatoms. The summed E-state index contributed by atoms with van der Waals surface area (Å²) in [4.78, 5) is 0. The van der Waals surface area contributed by atoms with Crippen LogP contribution in [-0.4, -0.2) is 31.3 Å². The first-order chi connectivity index (χ1) is 7.34. The van der Waals surface area contributed by atoms with Crippen LogP contribution in [-0.2, 0) is 20.1 Å². The van der Waals surface area contributed by atoms with E-state index in [1.165, 1.54) is 0 Å². The van der Waals surface area contributed by atoms with E-state index >= 15 is 0 Å². The van der Waals surface area contributed by atoms with Gasteiger partial charge < -0.3 is 5.32 Å². The standard InChI is InChI=1S/C9H14N6/c1-14-8-9(12-13-14)7-10-4-6-15-5-2-3-11-15/h2-3,5,8,10H,4,6-7H2,1H3. The molecule has 0 aliphatic carbocycles. The lowest BCUT2D eigenvalue weighted by Gasteiger charge is -2.02. The predicted molar refractivity (Wildman–Crippen MR) is 54.9 cm³/mol. The van der Waals surface area contributed by atoms with Crippen molar-refractivity contribution in [2.24, 2.45) is 7.05 Å². The minimum Gasteiger partial charge on any atom is -0.309 e. The van der Waals surface area contributed by atoms with E-state index in [4.69, 9.17) is 0 Å². The summed E-state index contributed by atoms with van der Waals surface area (Å²) in [6.45, 7) is 2.49. The SMILES string of the molecule is Cn1cc(CNCCn2cccn2)nn1. The summed E-state index contributed by atoms with van der Waals surface area (Å²) in [6, 6.07) is 1.92. The molecule has 0 saturated carbocycles. The van der Waals surface area contributed by atoms with Crippen molar-refractivity contribution in [1.82, 2.24) is 30.1 Å². The minimum absolute atomic E-state index is 0.745. The Morgan fingerprint density at radius 3 is 3.07 bits per heavy atom. The van der Waals surface area contributed by atoms with E-state index in [1.54, 1.807) is 10.9 Å². The zero-order chi connectivity index (χ0) is 10.5. The monoisotopic (exact) mass is 206 g/mol. The molecule has 2 aromatic rings. The van der Waals surface area contributed by atoms with Gasteiger partial charge in [-0.3, -0.25) is 9.36 Å². The van der Waals surface area contributed by atoms with E-state index in [0.717, 1.165) is 25.3 Å². The molecule has 2 rings (SSSR count). The van der Waals surface area contributed by atoms with Crippen LogP contribution in [0.4, 0.5) is 0 Å². The van der Waals surface area contributed by atoms with Crippen LogP contribution in [0, 0.1) is 0 Å². The van der Waals surface area contributed by atoms with Gasteiger partial charge in [-0.05, 0) is 6.07 Å². The molecule has 0 spiro atoms. The Morgan fingerprint density at radius 2 is 2.40 bits per heavy atom. The average Bonchev–Trinajstić information content (AvgIpc) is 2.84. The third-order valence-corrected chi connectivity index (χ3v) is 2.03. The lowest BCUT2D eigenvalue weighted by molar-refractivity contribution is 0.551. The summed E-state index contributed by atoms with van der Waals surface area (Å²) in [5, 5.41) is 15.2. The van der Waals surface area contributed by atoms with Gasteiger partial charge in [0, 0.05) is 38.7 Å². The Balaban J connectivity index is 1.67. The summed E-state index contributed by atoms with van der Waals surface area (Å²) in [5.74, 6) is 0. The predicted octanol–water partition coefficient (Wildman–Crippen LogP) is -0.199. The maximum atomic E-state index is 4.11. The number of hydrogen-bond acceptors (Lipinski definition) is 4. The van der Waals surface area contributed by atoms with Crippen LogP contribution in [0.3, 0.4) is 0 Å². The lowest BCUT2D eigenvalue weighted by Crippen LogP contribution is -2.19. The van der Waals surface area contributed by atoms with Crippen LogP contribution in [0.5, 0.6) is 0 Å². The Bertz CT molecular complexity index is 390. The molecule has 2 aromatic heterocycles. The Labute approximate surface area is 87.9 Å². The van der Waals surface area contributed by atoms with E-state index in [9.17, 15) is 0 Å². The number of nitrogens with one attached hydrogen (secondary N) is 1. The van der Waals surface area contributed by atoms with Crippen LogP contribution < -0.4 is 5.32 Å². The fraction of sp³-hybridized carbons (Fsp3) is 0.444. The van der Waals surface area contributed by atoms with Crippen molar-refractivity contribution in [2.45, 2.75) is 13.1 Å². The third-order valence-electron chi connectivity index (χ3n) is 2.03. The molecule has 0 aliphatic rings. The molecule has 80 valence electrons. The smallest absolute Gasteiger partial charge is 0.0964 e. The zero-order valence-electron chi connectivity index (χ0n) is 8.67. The topological polar surface area (TPSA) is 60.6 Å². The van der Waals surface area contributed by atoms with E-state index in [0.29, 0.717) is 0 Å². The summed E-state index contributed by atoms with van der Waals surface area (Å²) in [7, 11) is 1.86. The van der Waals surface area contributed by atoms with Gasteiger partial charge in [0.1, 0.15) is 0 Å². The highest BCUT2D eigenvalue weighted by Crippen LogP contribution is 1.89. The highest BCUT2D eigenvalue weighted by atomic mass is 15.4. The van der Waals surface area contributed by atoms with Gasteiger partial charge in [0.2, 0.25) is 0 Å². The first-order valence-electron chi connectivity index (χ1n) is 4.88. The van der Waals surface area contributed by atoms with E-state index in [-0.39, 0.29) is 0 Å². The van der Waals surface area contributed by atoms with Gasteiger partial charge in [0.25, 0.3) is 0 Å². The van der Waals surface area contributed by atoms with E-state index < -0.39 is 0 Å². The van der Waals surface area contributed by atoms with Crippen LogP contribution in [0.25, 0.3) is 0 Å². The van der Waals surface area contributed by atoms with Gasteiger partial charge in [-0.2, -0.15) is 5.10 Å². The maximum Gasteiger partial charge on any atom is 0.0964 e. The molecular weight excluding hydrogens is 192 g/mol. The van der Waals surface area contributed by atoms with Crippen molar-refractivity contribution in [3.05, 3.63) is 30.4 Å². The number of aromatic nitrogens is 5. The van der Waals surface area contributed by atoms with Crippen molar-refractivity contribution in [3.8, 4) is 0 Å². The molecule has 0 atom stereocenters. The Kier molecular flexibility index (Phi) is 3.08. The Morgan fingerprint density at radius 1 is 1.47 bits per heavy atom. The van der Waals surface area contributed by atoms with Gasteiger partial charge in [-0.1, -0.05) is 5.21 Å². The fourth-order valence-corrected chi connectivity index (χ4v) is 1.32. The summed E-state index contributed by atoms with van der Waals surface area (Å²) < 4.78 is 3.59. The van der Waals surface area contributed by atoms with Gasteiger partial charge in [-0.15, -0.1) is 5.10 Å². The van der Waals surface area contributed by atoms with Crippen LogP contribution in [0.2, 0.25) is 0 Å². The zero-order valence-corrected chi connectivity index (χ0v) is 8.67. The van der Waals surface area contributed by atoms with Crippen molar-refractivity contribution < 1.29 is 0 Å². The van der Waals surface area contributed by atoms with Gasteiger partial charge >= 0.3 is 0 Å². The first-order valence-corrected chi connectivity index (χ1v) is 4.88. The maximum absolute atomic E-state index is 4.11. The lowest BCUT2D eigenvalue weighted by atomic mass is 10.4. The molecule has 2 heterocycles. The molecule has 1 N–H and O–H groups in total. The molecule has 0 radical (unpaired) electrons. The number of hydrogen-bond donors (Lipinski definition) is 1. The van der Waals surface area contributed by atoms with Gasteiger partial charge in [0.05, 0.1) is 12.2 Å². The summed E-state index contributed by atoms with van der Waals surface area (Å²) in [6.07, 6.45) is 5.63. The second kappa shape index (κ2) is 4.70. The molecule has 0 bridgehead atoms. The third kappa shape index (κ3) is 2.88. The number of aryl methyl sites for hydroxylation is 1. The summed E-state index contributed by atoms with van der Waals surface area (Å²) in [5.41, 5.74) is 0.956. The quantitative estimate of drug-likeness (QED) is 0.688. The molecule has 0 aliphatic heterocycles. The molecule has 0 aromatic carbocycles. The van der Waals surface area contributed by atoms with Crippen molar-refractivity contribution in [1.29, 1.82) is 0 Å². The molecule has 15 heavy (non-hydrogen) atoms. The molecule has 6 nitrogen and oxygen atoms in total. The van der Waals surface area contributed by atoms with Crippen LogP contribution >= 0.6 is 0 Å². The van der Waals surface area contributed by atoms with Gasteiger partial charge in [-0.25, -0.2) is 0 Å². The fourth-order valence-electron chi connectivity index (χ4n) is 1.32. The molecule has 0 amide bonds. The molecule has 0 saturated heterocycles. The molecule has 0 unspecified atom stereocenters. The van der Waals surface area contributed by atoms with Crippen molar-refractivity contribution >= 4 is 0 Å². The molecular formula is C9H14N6.